The van der Waals surface area contributed by atoms with Crippen LogP contribution in [0.25, 0.3) is 0 Å². The van der Waals surface area contributed by atoms with Crippen LogP contribution in [-0.2, 0) is 17.8 Å². The van der Waals surface area contributed by atoms with E-state index in [0.717, 1.165) is 17.5 Å². The summed E-state index contributed by atoms with van der Waals surface area (Å²) in [6.07, 6.45) is 9.20. The van der Waals surface area contributed by atoms with E-state index in [0.29, 0.717) is 18.5 Å². The number of carbonyl (C=O) groups is 2. The molecule has 1 unspecified atom stereocenters. The fraction of sp³-hybridized carbons (Fsp3) is 0.138. The maximum absolute atomic E-state index is 13.7. The van der Waals surface area contributed by atoms with E-state index >= 15 is 0 Å². The van der Waals surface area contributed by atoms with E-state index < -0.39 is 17.9 Å². The summed E-state index contributed by atoms with van der Waals surface area (Å²) in [4.78, 5) is 41.4. The number of halogens is 1. The molecule has 39 heavy (non-hydrogen) atoms. The third-order valence-corrected chi connectivity index (χ3v) is 6.05. The van der Waals surface area contributed by atoms with Crippen LogP contribution in [0.15, 0.2) is 109 Å². The van der Waals surface area contributed by atoms with Crippen molar-refractivity contribution < 1.29 is 18.4 Å². The molecular weight excluding hydrogens is 499 g/mol. The molecule has 2 aromatic carbocycles. The molecule has 0 spiro atoms. The van der Waals surface area contributed by atoms with E-state index in [9.17, 15) is 14.0 Å². The van der Waals surface area contributed by atoms with E-state index in [2.05, 4.69) is 20.3 Å². The lowest BCUT2D eigenvalue weighted by atomic mass is 10.1. The van der Waals surface area contributed by atoms with Gasteiger partial charge in [0.05, 0.1) is 6.33 Å². The molecule has 0 bridgehead atoms. The number of oxazole rings is 1. The fourth-order valence-corrected chi connectivity index (χ4v) is 4.22. The van der Waals surface area contributed by atoms with Crippen LogP contribution in [0.3, 0.4) is 0 Å². The Kier molecular flexibility index (Phi) is 7.82. The summed E-state index contributed by atoms with van der Waals surface area (Å²) in [6, 6.07) is 18.3. The van der Waals surface area contributed by atoms with Crippen LogP contribution in [0, 0.1) is 5.82 Å². The minimum atomic E-state index is -1.12. The van der Waals surface area contributed by atoms with Crippen molar-refractivity contribution >= 4 is 17.6 Å². The maximum Gasteiger partial charge on any atom is 0.282 e. The van der Waals surface area contributed by atoms with Crippen LogP contribution in [0.5, 0.6) is 0 Å². The van der Waals surface area contributed by atoms with Gasteiger partial charge in [-0.05, 0) is 35.7 Å². The molecular formula is C29H25FN6O3. The molecule has 1 atom stereocenters. The number of amides is 2. The number of pyridine rings is 1. The third-order valence-electron chi connectivity index (χ3n) is 6.05. The maximum atomic E-state index is 13.7. The molecule has 0 saturated heterocycles. The molecule has 3 heterocycles. The van der Waals surface area contributed by atoms with Gasteiger partial charge in [-0.15, -0.1) is 0 Å². The van der Waals surface area contributed by atoms with Crippen molar-refractivity contribution in [3.63, 3.8) is 0 Å². The van der Waals surface area contributed by atoms with Crippen molar-refractivity contribution in [1.82, 2.24) is 24.8 Å². The molecule has 2 amide bonds. The third kappa shape index (κ3) is 6.24. The monoisotopic (exact) mass is 524 g/mol. The number of imidazole rings is 1. The average molecular weight is 525 g/mol. The lowest BCUT2D eigenvalue weighted by Crippen LogP contribution is -2.45. The number of benzene rings is 2. The minimum Gasteiger partial charge on any atom is -0.451 e. The Labute approximate surface area is 224 Å². The highest BCUT2D eigenvalue weighted by Crippen LogP contribution is 2.28. The Morgan fingerprint density at radius 3 is 2.62 bits per heavy atom. The number of nitrogens with zero attached hydrogens (tertiary/aromatic N) is 5. The normalized spacial score (nSPS) is 11.6. The van der Waals surface area contributed by atoms with Gasteiger partial charge in [0, 0.05) is 37.2 Å². The smallest absolute Gasteiger partial charge is 0.282 e. The molecule has 0 fully saturated rings. The molecule has 196 valence electrons. The van der Waals surface area contributed by atoms with Crippen molar-refractivity contribution in [1.29, 1.82) is 0 Å². The lowest BCUT2D eigenvalue weighted by molar-refractivity contribution is -0.122. The van der Waals surface area contributed by atoms with Gasteiger partial charge in [-0.3, -0.25) is 19.5 Å². The predicted molar refractivity (Wildman–Crippen MR) is 141 cm³/mol. The molecule has 0 aliphatic carbocycles. The highest BCUT2D eigenvalue weighted by Gasteiger charge is 2.35. The summed E-state index contributed by atoms with van der Waals surface area (Å²) in [5, 5.41) is 2.88. The van der Waals surface area contributed by atoms with Crippen LogP contribution in [0.2, 0.25) is 0 Å². The first-order valence-electron chi connectivity index (χ1n) is 12.3. The van der Waals surface area contributed by atoms with Gasteiger partial charge in [0.1, 0.15) is 18.1 Å². The number of rotatable bonds is 10. The van der Waals surface area contributed by atoms with Gasteiger partial charge < -0.3 is 14.3 Å². The Morgan fingerprint density at radius 2 is 1.87 bits per heavy atom. The van der Waals surface area contributed by atoms with Gasteiger partial charge in [0.25, 0.3) is 5.91 Å². The van der Waals surface area contributed by atoms with Gasteiger partial charge in [-0.1, -0.05) is 48.5 Å². The van der Waals surface area contributed by atoms with E-state index in [1.165, 1.54) is 29.5 Å². The Morgan fingerprint density at radius 1 is 1.03 bits per heavy atom. The van der Waals surface area contributed by atoms with Crippen molar-refractivity contribution in [2.24, 2.45) is 0 Å². The molecule has 0 aliphatic rings. The Balaban J connectivity index is 1.46. The van der Waals surface area contributed by atoms with Gasteiger partial charge >= 0.3 is 0 Å². The topological polar surface area (TPSA) is 106 Å². The largest absolute Gasteiger partial charge is 0.451 e. The second-order valence-electron chi connectivity index (χ2n) is 8.80. The van der Waals surface area contributed by atoms with Gasteiger partial charge in [-0.2, -0.15) is 0 Å². The zero-order chi connectivity index (χ0) is 27.0. The number of nitrogens with one attached hydrogen (secondary N) is 1. The van der Waals surface area contributed by atoms with Gasteiger partial charge in [-0.25, -0.2) is 14.4 Å². The number of anilines is 1. The number of aromatic nitrogens is 4. The number of hydrogen-bond donors (Lipinski definition) is 1. The summed E-state index contributed by atoms with van der Waals surface area (Å²) >= 11 is 0. The van der Waals surface area contributed by atoms with Crippen LogP contribution >= 0.6 is 0 Å². The first-order valence-corrected chi connectivity index (χ1v) is 12.3. The Hall–Kier alpha value is -5.12. The highest BCUT2D eigenvalue weighted by atomic mass is 19.1. The summed E-state index contributed by atoms with van der Waals surface area (Å²) in [5.74, 6) is -1.10. The number of hydrogen-bond acceptors (Lipinski definition) is 6. The molecule has 9 nitrogen and oxygen atoms in total. The minimum absolute atomic E-state index is 0.0223. The standard InChI is InChI=1S/C29H25FN6O3/c30-24-10-4-8-21(14-24)11-13-32-28(37)27(23-9-5-12-31-15-23)36(29(38)25-18-39-20-34-25)26-17-35(19-33-26)16-22-6-2-1-3-7-22/h1-10,12,14-15,17-20,27H,11,13,16H2,(H,32,37). The van der Waals surface area contributed by atoms with Gasteiger partial charge in [0.15, 0.2) is 17.9 Å². The zero-order valence-corrected chi connectivity index (χ0v) is 20.9. The molecule has 0 saturated carbocycles. The first-order chi connectivity index (χ1) is 19.1. The second kappa shape index (κ2) is 12.0. The Bertz CT molecular complexity index is 1520. The van der Waals surface area contributed by atoms with Crippen LogP contribution in [-0.4, -0.2) is 37.9 Å². The summed E-state index contributed by atoms with van der Waals surface area (Å²) in [7, 11) is 0. The summed E-state index contributed by atoms with van der Waals surface area (Å²) in [6.45, 7) is 0.755. The SMILES string of the molecule is O=C(NCCc1cccc(F)c1)C(c1cccnc1)N(C(=O)c1cocn1)c1cn(Cc2ccccc2)cn1. The number of carbonyl (C=O) groups excluding carboxylic acids is 2. The van der Waals surface area contributed by atoms with E-state index in [1.807, 2.05) is 34.9 Å². The van der Waals surface area contributed by atoms with Crippen LogP contribution < -0.4 is 10.2 Å². The van der Waals surface area contributed by atoms with Crippen molar-refractivity contribution in [3.8, 4) is 0 Å². The first kappa shape index (κ1) is 25.5. The van der Waals surface area contributed by atoms with Crippen LogP contribution in [0.1, 0.15) is 33.2 Å². The van der Waals surface area contributed by atoms with Crippen molar-refractivity contribution in [2.75, 3.05) is 11.4 Å². The molecule has 1 N–H and O–H groups in total. The molecule has 3 aromatic heterocycles. The second-order valence-corrected chi connectivity index (χ2v) is 8.80. The summed E-state index contributed by atoms with van der Waals surface area (Å²) < 4.78 is 20.5. The van der Waals surface area contributed by atoms with Crippen molar-refractivity contribution in [2.45, 2.75) is 19.0 Å². The highest BCUT2D eigenvalue weighted by molar-refractivity contribution is 6.08. The zero-order valence-electron chi connectivity index (χ0n) is 20.9. The van der Waals surface area contributed by atoms with Gasteiger partial charge in [0.2, 0.25) is 5.91 Å². The predicted octanol–water partition coefficient (Wildman–Crippen LogP) is 4.20. The molecule has 5 aromatic rings. The summed E-state index contributed by atoms with van der Waals surface area (Å²) in [5.41, 5.74) is 2.29. The fourth-order valence-electron chi connectivity index (χ4n) is 4.22. The lowest BCUT2D eigenvalue weighted by Gasteiger charge is -2.29. The van der Waals surface area contributed by atoms with Crippen molar-refractivity contribution in [3.05, 3.63) is 133 Å². The van der Waals surface area contributed by atoms with E-state index in [-0.39, 0.29) is 23.9 Å². The molecule has 10 heteroatoms. The van der Waals surface area contributed by atoms with E-state index in [1.54, 1.807) is 43.0 Å². The molecule has 0 aliphatic heterocycles. The quantitative estimate of drug-likeness (QED) is 0.294. The molecule has 0 radical (unpaired) electrons. The molecule has 5 rings (SSSR count). The average Bonchev–Trinajstić information content (AvgIpc) is 3.65. The van der Waals surface area contributed by atoms with E-state index in [4.69, 9.17) is 4.42 Å². The van der Waals surface area contributed by atoms with Crippen LogP contribution in [0.4, 0.5) is 10.2 Å².